The van der Waals surface area contributed by atoms with Crippen LogP contribution in [-0.4, -0.2) is 274 Å². The minimum absolute atomic E-state index is 0.0582. The van der Waals surface area contributed by atoms with E-state index in [1.807, 2.05) is 0 Å². The molecule has 3 aromatic rings. The Balaban J connectivity index is 1.30. The van der Waals surface area contributed by atoms with Crippen LogP contribution >= 0.6 is 0 Å². The molecule has 5 saturated heterocycles. The van der Waals surface area contributed by atoms with E-state index in [0.717, 1.165) is 395 Å². The molecule has 28 heteroatoms. The number of hydrogen-bond donors (Lipinski definition) is 0. The van der Waals surface area contributed by atoms with Crippen molar-refractivity contribution in [3.8, 4) is 0 Å². The first-order chi connectivity index (χ1) is 68.3. The van der Waals surface area contributed by atoms with Crippen LogP contribution in [0.3, 0.4) is 0 Å². The highest BCUT2D eigenvalue weighted by Gasteiger charge is 2.55. The van der Waals surface area contributed by atoms with E-state index < -0.39 is 0 Å². The van der Waals surface area contributed by atoms with Gasteiger partial charge < -0.3 is 44.1 Å². The van der Waals surface area contributed by atoms with Crippen LogP contribution in [0.25, 0.3) is 0 Å². The van der Waals surface area contributed by atoms with Gasteiger partial charge in [0.2, 0.25) is 53.5 Å². The molecule has 0 radical (unpaired) electrons. The number of aromatic nitrogens is 9. The predicted octanol–water partition coefficient (Wildman–Crippen LogP) is 26.6. The fourth-order valence-corrected chi connectivity index (χ4v) is 25.4. The Hall–Kier alpha value is -5.17. The maximum atomic E-state index is 6.95. The van der Waals surface area contributed by atoms with E-state index in [9.17, 15) is 0 Å². The third kappa shape index (κ3) is 34.7. The molecule has 3 aromatic heterocycles. The molecule has 8 heterocycles. The van der Waals surface area contributed by atoms with Crippen LogP contribution in [0, 0.1) is 0 Å². The van der Waals surface area contributed by atoms with Gasteiger partial charge in [-0.3, -0.25) is 24.2 Å². The zero-order valence-electron chi connectivity index (χ0n) is 99.7. The lowest BCUT2D eigenvalue weighted by Crippen LogP contribution is -2.65. The van der Waals surface area contributed by atoms with Gasteiger partial charge in [-0.1, -0.05) is 174 Å². The number of unbranched alkanes of at least 4 members (excludes halogenated alkanes) is 14. The standard InChI is InChI=1S/C116H223N23O5/c1-35-49-66-126(67-50-36-2)98-117-99(127(68-51-37-3)69-52-38-4)120-102(119-98)131(94-85-109(19,20)136(141-79-45-11)110(21,22)86-94)74-61-57-59-63-76-133(96-89-113(27,28)138(143-81-47-13)114(29,30)90-96)105-123-104(130(65-43-9)93-83-107(15,16)135(140-78-44-10)108(17,18)84-93)124-106(125-105)134(97-91-115(31,32)139(144-82-48-14)116(33,34)92-97)77-64-60-58-62-75-132(95-87-111(23,24)137(142-80-46-12)112(25,26)88-95)103-121-100(128(70-53-39-5)71-54-40-6)118-101(122-103)129(72-55-41-7)73-56-42-8/h93-97H,35-92H2,1-34H3. The normalized spacial score (nSPS) is 20.0. The lowest BCUT2D eigenvalue weighted by Gasteiger charge is -2.56. The average Bonchev–Trinajstić information content (AvgIpc) is 0.760. The van der Waals surface area contributed by atoms with Crippen LogP contribution in [0.4, 0.5) is 53.5 Å². The second-order valence-electron chi connectivity index (χ2n) is 50.4. The molecular formula is C116H223N23O5. The smallest absolute Gasteiger partial charge is 0.232 e. The van der Waals surface area contributed by atoms with Crippen molar-refractivity contribution in [1.29, 1.82) is 0 Å². The van der Waals surface area contributed by atoms with Gasteiger partial charge in [0, 0.05) is 171 Å². The molecule has 0 saturated carbocycles. The quantitative estimate of drug-likeness (QED) is 0.0481. The zero-order chi connectivity index (χ0) is 106. The molecule has 0 unspecified atom stereocenters. The van der Waals surface area contributed by atoms with Crippen molar-refractivity contribution in [2.75, 3.05) is 162 Å². The summed E-state index contributed by atoms with van der Waals surface area (Å²) in [7, 11) is 0. The molecule has 0 atom stereocenters. The molecule has 5 aliphatic rings. The van der Waals surface area contributed by atoms with Crippen molar-refractivity contribution in [1.82, 2.24) is 70.2 Å². The van der Waals surface area contributed by atoms with Crippen molar-refractivity contribution in [2.24, 2.45) is 0 Å². The number of nitrogens with zero attached hydrogens (tertiary/aromatic N) is 23. The van der Waals surface area contributed by atoms with E-state index in [2.05, 4.69) is 305 Å². The summed E-state index contributed by atoms with van der Waals surface area (Å²) in [5.74, 6) is 7.31. The molecular weight excluding hydrogens is 1800 g/mol. The van der Waals surface area contributed by atoms with Crippen molar-refractivity contribution < 1.29 is 24.2 Å². The van der Waals surface area contributed by atoms with E-state index in [4.69, 9.17) is 69.0 Å². The van der Waals surface area contributed by atoms with Gasteiger partial charge in [-0.25, -0.2) is 0 Å². The number of hydrogen-bond acceptors (Lipinski definition) is 28. The predicted molar refractivity (Wildman–Crippen MR) is 608 cm³/mol. The van der Waals surface area contributed by atoms with Gasteiger partial charge in [-0.2, -0.15) is 70.2 Å². The molecule has 832 valence electrons. The first-order valence-electron chi connectivity index (χ1n) is 59.5. The minimum atomic E-state index is -0.337. The first kappa shape index (κ1) is 124. The monoisotopic (exact) mass is 2020 g/mol. The fraction of sp³-hybridized carbons (Fsp3) is 0.922. The summed E-state index contributed by atoms with van der Waals surface area (Å²) in [6, 6.07) is 0.509. The molecule has 0 spiro atoms. The zero-order valence-corrected chi connectivity index (χ0v) is 99.7. The van der Waals surface area contributed by atoms with E-state index in [-0.39, 0.29) is 85.6 Å². The molecule has 0 aromatic carbocycles. The summed E-state index contributed by atoms with van der Waals surface area (Å²) in [5, 5.41) is 11.8. The topological polar surface area (TPSA) is 208 Å². The maximum absolute atomic E-state index is 6.95. The molecule has 0 amide bonds. The third-order valence-corrected chi connectivity index (χ3v) is 31.2. The summed E-state index contributed by atoms with van der Waals surface area (Å²) in [4.78, 5) is 110. The lowest BCUT2D eigenvalue weighted by atomic mass is 9.78. The maximum Gasteiger partial charge on any atom is 0.232 e. The Morgan fingerprint density at radius 1 is 0.174 bits per heavy atom. The van der Waals surface area contributed by atoms with Crippen molar-refractivity contribution in [2.45, 2.75) is 578 Å². The van der Waals surface area contributed by atoms with Gasteiger partial charge in [0.15, 0.2) is 0 Å². The average molecular weight is 2020 g/mol. The third-order valence-electron chi connectivity index (χ3n) is 31.2. The van der Waals surface area contributed by atoms with Crippen molar-refractivity contribution in [3.05, 3.63) is 0 Å². The Morgan fingerprint density at radius 2 is 0.312 bits per heavy atom. The molecule has 5 aliphatic heterocycles. The van der Waals surface area contributed by atoms with Gasteiger partial charge in [-0.15, -0.1) is 0 Å². The van der Waals surface area contributed by atoms with Gasteiger partial charge in [0.05, 0.1) is 33.0 Å². The number of hydroxylamine groups is 10. The first-order valence-corrected chi connectivity index (χ1v) is 59.5. The van der Waals surface area contributed by atoms with Crippen LogP contribution in [-0.2, 0) is 24.2 Å². The lowest BCUT2D eigenvalue weighted by molar-refractivity contribution is -0.282. The largest absolute Gasteiger partial charge is 0.341 e. The summed E-state index contributed by atoms with van der Waals surface area (Å²) in [6.45, 7) is 94.8. The number of anilines is 9. The summed E-state index contributed by atoms with van der Waals surface area (Å²) in [6.07, 6.45) is 40.0. The Labute approximate surface area is 883 Å². The minimum Gasteiger partial charge on any atom is -0.341 e. The van der Waals surface area contributed by atoms with Gasteiger partial charge in [0.25, 0.3) is 0 Å². The van der Waals surface area contributed by atoms with E-state index in [1.54, 1.807) is 0 Å². The summed E-state index contributed by atoms with van der Waals surface area (Å²) < 4.78 is 0. The number of rotatable bonds is 69. The molecule has 28 nitrogen and oxygen atoms in total. The molecule has 0 aliphatic carbocycles. The molecule has 0 bridgehead atoms. The van der Waals surface area contributed by atoms with Crippen LogP contribution in [0.1, 0.15) is 492 Å². The Bertz CT molecular complexity index is 3670. The molecule has 144 heavy (non-hydrogen) atoms. The van der Waals surface area contributed by atoms with Crippen molar-refractivity contribution in [3.63, 3.8) is 0 Å². The SMILES string of the molecule is CCCCN(CCCC)c1nc(N(CCCC)CCCC)nc(N(CCCCCCN(c2nc(N(CCC)C3CC(C)(C)N(OCCC)C(C)(C)C3)nc(N(CCCCCCN(c3nc(N(CCCC)CCCC)nc(N(CCCC)CCCC)n3)C3CC(C)(C)N(OCCC)C(C)(C)C3)C3CC(C)(C)N(OCCC)C(C)(C)C3)n2)C2CC(C)(C)N(OCCC)C(C)(C)C2)C2CC(C)(C)N(OCCC)C(C)(C)C2)n1. The molecule has 5 fully saturated rings. The van der Waals surface area contributed by atoms with E-state index in [1.165, 1.54) is 0 Å². The van der Waals surface area contributed by atoms with Gasteiger partial charge in [0.1, 0.15) is 0 Å². The number of piperidine rings is 5. The Morgan fingerprint density at radius 3 is 0.451 bits per heavy atom. The van der Waals surface area contributed by atoms with Crippen LogP contribution < -0.4 is 44.1 Å². The summed E-state index contributed by atoms with van der Waals surface area (Å²) >= 11 is 0. The molecule has 8 rings (SSSR count). The van der Waals surface area contributed by atoms with Crippen LogP contribution in [0.15, 0.2) is 0 Å². The second-order valence-corrected chi connectivity index (χ2v) is 50.4. The van der Waals surface area contributed by atoms with Crippen molar-refractivity contribution >= 4 is 53.5 Å². The molecule has 0 N–H and O–H groups in total. The van der Waals surface area contributed by atoms with Crippen LogP contribution in [0.2, 0.25) is 0 Å². The summed E-state index contributed by atoms with van der Waals surface area (Å²) in [5.41, 5.74) is -3.01. The highest BCUT2D eigenvalue weighted by Crippen LogP contribution is 2.49. The van der Waals surface area contributed by atoms with Gasteiger partial charge >= 0.3 is 0 Å². The second kappa shape index (κ2) is 58.1. The highest BCUT2D eigenvalue weighted by molar-refractivity contribution is 5.52. The van der Waals surface area contributed by atoms with Crippen LogP contribution in [0.5, 0.6) is 0 Å². The van der Waals surface area contributed by atoms with E-state index in [0.29, 0.717) is 33.0 Å². The van der Waals surface area contributed by atoms with Gasteiger partial charge in [-0.05, 0) is 318 Å². The highest BCUT2D eigenvalue weighted by atomic mass is 16.7. The van der Waals surface area contributed by atoms with E-state index >= 15 is 0 Å². The Kier molecular flexibility index (Phi) is 50.0. The fourth-order valence-electron chi connectivity index (χ4n) is 25.4.